The van der Waals surface area contributed by atoms with Gasteiger partial charge in [-0.1, -0.05) is 0 Å². The highest BCUT2D eigenvalue weighted by Crippen LogP contribution is 1.85. The Morgan fingerprint density at radius 1 is 1.50 bits per heavy atom. The molecule has 0 aromatic carbocycles. The Labute approximate surface area is 59.7 Å². The average molecular weight is 148 g/mol. The number of carbonyl (C=O) groups is 1. The van der Waals surface area contributed by atoms with Gasteiger partial charge in [0.05, 0.1) is 19.6 Å². The zero-order valence-corrected chi connectivity index (χ0v) is 6.00. The van der Waals surface area contributed by atoms with Crippen LogP contribution < -0.4 is 0 Å². The first-order chi connectivity index (χ1) is 4.81. The maximum Gasteiger partial charge on any atom is 0.308 e. The van der Waals surface area contributed by atoms with Gasteiger partial charge in [-0.25, -0.2) is 0 Å². The number of carbonyl (C=O) groups excluding carboxylic acids is 1. The molecule has 0 saturated carbocycles. The molecule has 0 radical (unpaired) electrons. The van der Waals surface area contributed by atoms with Gasteiger partial charge in [-0.05, 0) is 0 Å². The normalized spacial score (nSPS) is 9.40. The van der Waals surface area contributed by atoms with Gasteiger partial charge in [0, 0.05) is 7.11 Å². The van der Waals surface area contributed by atoms with Gasteiger partial charge in [0.15, 0.2) is 0 Å². The first-order valence-electron chi connectivity index (χ1n) is 3.06. The Bertz CT molecular complexity index is 81.7. The summed E-state index contributed by atoms with van der Waals surface area (Å²) in [6.45, 7) is 0.311. The van der Waals surface area contributed by atoms with E-state index in [2.05, 4.69) is 9.47 Å². The summed E-state index contributed by atoms with van der Waals surface area (Å²) >= 11 is 0. The molecular weight excluding hydrogens is 136 g/mol. The second-order valence-corrected chi connectivity index (χ2v) is 1.69. The van der Waals surface area contributed by atoms with E-state index in [0.29, 0.717) is 6.61 Å². The van der Waals surface area contributed by atoms with Crippen LogP contribution in [-0.4, -0.2) is 38.0 Å². The van der Waals surface area contributed by atoms with Crippen molar-refractivity contribution in [3.05, 3.63) is 0 Å². The van der Waals surface area contributed by atoms with E-state index in [1.807, 2.05) is 0 Å². The second-order valence-electron chi connectivity index (χ2n) is 1.69. The van der Waals surface area contributed by atoms with Crippen molar-refractivity contribution in [1.82, 2.24) is 0 Å². The summed E-state index contributed by atoms with van der Waals surface area (Å²) in [5.74, 6) is -0.337. The van der Waals surface area contributed by atoms with Crippen LogP contribution in [0.4, 0.5) is 0 Å². The van der Waals surface area contributed by atoms with E-state index in [0.717, 1.165) is 0 Å². The molecule has 0 unspecified atom stereocenters. The van der Waals surface area contributed by atoms with Crippen LogP contribution in [0.1, 0.15) is 6.42 Å². The van der Waals surface area contributed by atoms with Crippen molar-refractivity contribution < 1.29 is 19.4 Å². The zero-order chi connectivity index (χ0) is 7.82. The molecular formula is C6H12O4. The Hall–Kier alpha value is -0.610. The topological polar surface area (TPSA) is 55.8 Å². The molecule has 0 aliphatic carbocycles. The lowest BCUT2D eigenvalue weighted by atomic mass is 10.5. The fraction of sp³-hybridized carbons (Fsp3) is 0.833. The molecule has 0 rings (SSSR count). The number of ether oxygens (including phenoxy) is 2. The third-order valence-electron chi connectivity index (χ3n) is 0.865. The van der Waals surface area contributed by atoms with Gasteiger partial charge in [0.1, 0.15) is 6.61 Å². The van der Waals surface area contributed by atoms with Gasteiger partial charge in [-0.3, -0.25) is 4.79 Å². The molecule has 4 nitrogen and oxygen atoms in total. The van der Waals surface area contributed by atoms with E-state index in [4.69, 9.17) is 5.11 Å². The lowest BCUT2D eigenvalue weighted by Gasteiger charge is -2.00. The summed E-state index contributed by atoms with van der Waals surface area (Å²) in [6, 6.07) is 0. The molecule has 60 valence electrons. The third-order valence-corrected chi connectivity index (χ3v) is 0.865. The van der Waals surface area contributed by atoms with Gasteiger partial charge in [0.2, 0.25) is 0 Å². The fourth-order valence-corrected chi connectivity index (χ4v) is 0.417. The maximum atomic E-state index is 10.5. The quantitative estimate of drug-likeness (QED) is 0.537. The number of rotatable bonds is 5. The van der Waals surface area contributed by atoms with Crippen molar-refractivity contribution in [2.24, 2.45) is 0 Å². The molecule has 0 atom stereocenters. The lowest BCUT2D eigenvalue weighted by molar-refractivity contribution is -0.145. The minimum atomic E-state index is -0.337. The first-order valence-corrected chi connectivity index (χ1v) is 3.06. The van der Waals surface area contributed by atoms with E-state index in [-0.39, 0.29) is 25.6 Å². The van der Waals surface area contributed by atoms with Crippen molar-refractivity contribution in [2.45, 2.75) is 6.42 Å². The molecule has 0 spiro atoms. The predicted octanol–water partition coefficient (Wildman–Crippen LogP) is -0.442. The van der Waals surface area contributed by atoms with E-state index in [9.17, 15) is 4.79 Å². The van der Waals surface area contributed by atoms with E-state index < -0.39 is 0 Å². The van der Waals surface area contributed by atoms with Crippen molar-refractivity contribution in [1.29, 1.82) is 0 Å². The number of hydrogen-bond acceptors (Lipinski definition) is 4. The van der Waals surface area contributed by atoms with Gasteiger partial charge in [-0.2, -0.15) is 0 Å². The lowest BCUT2D eigenvalue weighted by Crippen LogP contribution is -2.10. The van der Waals surface area contributed by atoms with Crippen molar-refractivity contribution in [3.8, 4) is 0 Å². The predicted molar refractivity (Wildman–Crippen MR) is 34.5 cm³/mol. The molecule has 0 bridgehead atoms. The second kappa shape index (κ2) is 6.51. The van der Waals surface area contributed by atoms with Crippen LogP contribution >= 0.6 is 0 Å². The number of aliphatic hydroxyl groups is 1. The van der Waals surface area contributed by atoms with Crippen molar-refractivity contribution in [3.63, 3.8) is 0 Å². The molecule has 0 amide bonds. The molecule has 0 aromatic heterocycles. The van der Waals surface area contributed by atoms with Crippen LogP contribution in [0, 0.1) is 0 Å². The molecule has 0 saturated heterocycles. The van der Waals surface area contributed by atoms with E-state index in [1.165, 1.54) is 7.11 Å². The number of esters is 1. The average Bonchev–Trinajstić information content (AvgIpc) is 1.97. The zero-order valence-electron chi connectivity index (χ0n) is 6.00. The molecule has 0 heterocycles. The third kappa shape index (κ3) is 5.53. The first kappa shape index (κ1) is 9.39. The van der Waals surface area contributed by atoms with E-state index >= 15 is 0 Å². The molecule has 0 fully saturated rings. The molecule has 10 heavy (non-hydrogen) atoms. The Balaban J connectivity index is 3.09. The largest absolute Gasteiger partial charge is 0.463 e. The highest BCUT2D eigenvalue weighted by Gasteiger charge is 1.99. The summed E-state index contributed by atoms with van der Waals surface area (Å²) < 4.78 is 9.15. The van der Waals surface area contributed by atoms with Crippen LogP contribution in [0.25, 0.3) is 0 Å². The highest BCUT2D eigenvalue weighted by atomic mass is 16.5. The standard InChI is InChI=1S/C6H12O4/c1-9-4-2-6(8)10-5-3-7/h7H,2-5H2,1H3. The monoisotopic (exact) mass is 148 g/mol. The van der Waals surface area contributed by atoms with Gasteiger partial charge < -0.3 is 14.6 Å². The Morgan fingerprint density at radius 2 is 2.20 bits per heavy atom. The fourth-order valence-electron chi connectivity index (χ4n) is 0.417. The Morgan fingerprint density at radius 3 is 2.70 bits per heavy atom. The Kier molecular flexibility index (Phi) is 6.11. The molecule has 0 aliphatic heterocycles. The SMILES string of the molecule is COCCC(=O)OCCO. The van der Waals surface area contributed by atoms with Crippen LogP contribution in [-0.2, 0) is 14.3 Å². The number of hydrogen-bond donors (Lipinski definition) is 1. The van der Waals surface area contributed by atoms with Crippen LogP contribution in [0.5, 0.6) is 0 Å². The summed E-state index contributed by atoms with van der Waals surface area (Å²) in [7, 11) is 1.51. The van der Waals surface area contributed by atoms with Crippen molar-refractivity contribution >= 4 is 5.97 Å². The van der Waals surface area contributed by atoms with Gasteiger partial charge in [0.25, 0.3) is 0 Å². The van der Waals surface area contributed by atoms with Crippen molar-refractivity contribution in [2.75, 3.05) is 26.9 Å². The highest BCUT2D eigenvalue weighted by molar-refractivity contribution is 5.69. The summed E-state index contributed by atoms with van der Waals surface area (Å²) in [5.41, 5.74) is 0. The summed E-state index contributed by atoms with van der Waals surface area (Å²) in [4.78, 5) is 10.5. The molecule has 0 aliphatic rings. The van der Waals surface area contributed by atoms with Crippen LogP contribution in [0.2, 0.25) is 0 Å². The minimum absolute atomic E-state index is 0.0720. The number of methoxy groups -OCH3 is 1. The van der Waals surface area contributed by atoms with Crippen LogP contribution in [0.15, 0.2) is 0 Å². The molecule has 0 aromatic rings. The maximum absolute atomic E-state index is 10.5. The van der Waals surface area contributed by atoms with E-state index in [1.54, 1.807) is 0 Å². The minimum Gasteiger partial charge on any atom is -0.463 e. The number of aliphatic hydroxyl groups excluding tert-OH is 1. The van der Waals surface area contributed by atoms with Gasteiger partial charge >= 0.3 is 5.97 Å². The summed E-state index contributed by atoms with van der Waals surface area (Å²) in [5, 5.41) is 8.23. The van der Waals surface area contributed by atoms with Crippen LogP contribution in [0.3, 0.4) is 0 Å². The summed E-state index contributed by atoms with van der Waals surface area (Å²) in [6.07, 6.45) is 0.247. The smallest absolute Gasteiger partial charge is 0.308 e. The molecule has 1 N–H and O–H groups in total. The van der Waals surface area contributed by atoms with Gasteiger partial charge in [-0.15, -0.1) is 0 Å². The molecule has 4 heteroatoms.